The fraction of sp³-hybridized carbons (Fsp3) is 0.286. The summed E-state index contributed by atoms with van der Waals surface area (Å²) < 4.78 is 10.7. The molecule has 8 nitrogen and oxygen atoms in total. The number of imide groups is 1. The Balaban J connectivity index is 1.44. The number of hydrogen-bond acceptors (Lipinski definition) is 6. The molecule has 9 heteroatoms. The largest absolute Gasteiger partial charge is 0.497 e. The molecule has 0 radical (unpaired) electrons. The predicted octanol–water partition coefficient (Wildman–Crippen LogP) is 3.43. The molecular formula is C21H23N3O5S. The van der Waals surface area contributed by atoms with Crippen molar-refractivity contribution >= 4 is 34.6 Å². The molecule has 1 saturated heterocycles. The number of anilines is 1. The lowest BCUT2D eigenvalue weighted by Crippen LogP contribution is -2.34. The Morgan fingerprint density at radius 1 is 1.10 bits per heavy atom. The highest BCUT2D eigenvalue weighted by atomic mass is 32.2. The average Bonchev–Trinajstić information content (AvgIpc) is 3.07. The summed E-state index contributed by atoms with van der Waals surface area (Å²) in [5, 5.41) is 2.58. The number of benzene rings is 2. The normalized spacial score (nSPS) is 13.3. The van der Waals surface area contributed by atoms with Crippen LogP contribution in [0.2, 0.25) is 0 Å². The average molecular weight is 429 g/mol. The smallest absolute Gasteiger partial charge is 0.321 e. The minimum atomic E-state index is -0.262. The maximum atomic E-state index is 12.3. The van der Waals surface area contributed by atoms with Crippen molar-refractivity contribution in [3.05, 3.63) is 54.1 Å². The zero-order valence-electron chi connectivity index (χ0n) is 16.8. The Kier molecular flexibility index (Phi) is 7.18. The molecule has 1 aliphatic rings. The third-order valence-corrected chi connectivity index (χ3v) is 5.35. The van der Waals surface area contributed by atoms with Crippen LogP contribution in [0.15, 0.2) is 48.5 Å². The van der Waals surface area contributed by atoms with Gasteiger partial charge in [0.2, 0.25) is 5.91 Å². The first kappa shape index (κ1) is 21.5. The number of methoxy groups -OCH3 is 1. The van der Waals surface area contributed by atoms with Gasteiger partial charge in [-0.25, -0.2) is 4.79 Å². The molecule has 0 aromatic heterocycles. The highest BCUT2D eigenvalue weighted by Crippen LogP contribution is 2.22. The summed E-state index contributed by atoms with van der Waals surface area (Å²) in [5.41, 5.74) is 1.44. The molecule has 158 valence electrons. The van der Waals surface area contributed by atoms with Gasteiger partial charge < -0.3 is 19.7 Å². The molecular weight excluding hydrogens is 406 g/mol. The minimum absolute atomic E-state index is 0.180. The van der Waals surface area contributed by atoms with Gasteiger partial charge in [0.25, 0.3) is 5.24 Å². The van der Waals surface area contributed by atoms with Crippen LogP contribution in [0.4, 0.5) is 15.3 Å². The van der Waals surface area contributed by atoms with Crippen molar-refractivity contribution in [2.24, 2.45) is 0 Å². The van der Waals surface area contributed by atoms with E-state index in [1.807, 2.05) is 24.3 Å². The van der Waals surface area contributed by atoms with E-state index in [0.717, 1.165) is 23.1 Å². The standard InChI is InChI=1S/C21H23N3O5S/c1-23(11-12-29-18-9-7-17(28-2)8-10-18)20(26)22-16-5-3-15(4-6-16)13-24-19(25)14-30-21(24)27/h3-10H,11-14H2,1-2H3,(H,22,26). The first-order valence-corrected chi connectivity index (χ1v) is 10.3. The third kappa shape index (κ3) is 5.66. The van der Waals surface area contributed by atoms with Crippen molar-refractivity contribution in [2.45, 2.75) is 6.54 Å². The summed E-state index contributed by atoms with van der Waals surface area (Å²) in [5.74, 6) is 1.47. The van der Waals surface area contributed by atoms with E-state index in [1.165, 1.54) is 9.80 Å². The quantitative estimate of drug-likeness (QED) is 0.692. The summed E-state index contributed by atoms with van der Waals surface area (Å²) >= 11 is 1.01. The van der Waals surface area contributed by atoms with Crippen molar-refractivity contribution in [1.82, 2.24) is 9.80 Å². The molecule has 3 rings (SSSR count). The topological polar surface area (TPSA) is 88.2 Å². The number of nitrogens with zero attached hydrogens (tertiary/aromatic N) is 2. The lowest BCUT2D eigenvalue weighted by Gasteiger charge is -2.18. The molecule has 1 N–H and O–H groups in total. The van der Waals surface area contributed by atoms with Crippen molar-refractivity contribution in [1.29, 1.82) is 0 Å². The van der Waals surface area contributed by atoms with E-state index in [0.29, 0.717) is 24.6 Å². The second-order valence-electron chi connectivity index (χ2n) is 6.61. The molecule has 30 heavy (non-hydrogen) atoms. The summed E-state index contributed by atoms with van der Waals surface area (Å²) in [6.07, 6.45) is 0. The van der Waals surface area contributed by atoms with Gasteiger partial charge in [-0.15, -0.1) is 0 Å². The first-order valence-electron chi connectivity index (χ1n) is 9.31. The Bertz CT molecular complexity index is 886. The summed E-state index contributed by atoms with van der Waals surface area (Å²) in [6, 6.07) is 14.0. The fourth-order valence-corrected chi connectivity index (χ4v) is 3.43. The molecule has 0 spiro atoms. The van der Waals surface area contributed by atoms with Crippen LogP contribution in [-0.4, -0.2) is 60.0 Å². The summed E-state index contributed by atoms with van der Waals surface area (Å²) in [6.45, 7) is 0.999. The number of nitrogens with one attached hydrogen (secondary N) is 1. The molecule has 0 atom stereocenters. The van der Waals surface area contributed by atoms with E-state index < -0.39 is 0 Å². The van der Waals surface area contributed by atoms with Crippen LogP contribution in [0.25, 0.3) is 0 Å². The SMILES string of the molecule is COc1ccc(OCCN(C)C(=O)Nc2ccc(CN3C(=O)CSC3=O)cc2)cc1. The number of urea groups is 1. The minimum Gasteiger partial charge on any atom is -0.497 e. The number of amides is 4. The molecule has 0 bridgehead atoms. The second kappa shape index (κ2) is 10.0. The van der Waals surface area contributed by atoms with E-state index in [9.17, 15) is 14.4 Å². The van der Waals surface area contributed by atoms with Crippen molar-refractivity contribution in [3.63, 3.8) is 0 Å². The van der Waals surface area contributed by atoms with Gasteiger partial charge in [-0.1, -0.05) is 23.9 Å². The Labute approximate surface area is 179 Å². The number of ether oxygens (including phenoxy) is 2. The maximum absolute atomic E-state index is 12.3. The molecule has 1 aliphatic heterocycles. The lowest BCUT2D eigenvalue weighted by atomic mass is 10.2. The van der Waals surface area contributed by atoms with Gasteiger partial charge >= 0.3 is 6.03 Å². The predicted molar refractivity (Wildman–Crippen MR) is 115 cm³/mol. The number of carbonyl (C=O) groups is 3. The van der Waals surface area contributed by atoms with E-state index in [4.69, 9.17) is 9.47 Å². The van der Waals surface area contributed by atoms with Gasteiger partial charge in [0.05, 0.1) is 26.0 Å². The summed E-state index contributed by atoms with van der Waals surface area (Å²) in [7, 11) is 3.29. The molecule has 4 amide bonds. The highest BCUT2D eigenvalue weighted by Gasteiger charge is 2.29. The van der Waals surface area contributed by atoms with Gasteiger partial charge in [-0.3, -0.25) is 14.5 Å². The van der Waals surface area contributed by atoms with Crippen LogP contribution in [0, 0.1) is 0 Å². The Morgan fingerprint density at radius 3 is 2.37 bits per heavy atom. The fourth-order valence-electron chi connectivity index (χ4n) is 2.70. The zero-order valence-corrected chi connectivity index (χ0v) is 17.6. The summed E-state index contributed by atoms with van der Waals surface area (Å²) in [4.78, 5) is 38.4. The Hall–Kier alpha value is -3.20. The van der Waals surface area contributed by atoms with Crippen LogP contribution < -0.4 is 14.8 Å². The van der Waals surface area contributed by atoms with E-state index in [1.54, 1.807) is 38.4 Å². The molecule has 0 aliphatic carbocycles. The van der Waals surface area contributed by atoms with Crippen molar-refractivity contribution < 1.29 is 23.9 Å². The van der Waals surface area contributed by atoms with E-state index >= 15 is 0 Å². The van der Waals surface area contributed by atoms with Gasteiger partial charge in [0, 0.05) is 12.7 Å². The van der Waals surface area contributed by atoms with Crippen LogP contribution in [-0.2, 0) is 11.3 Å². The number of rotatable bonds is 8. The van der Waals surface area contributed by atoms with Crippen LogP contribution >= 0.6 is 11.8 Å². The number of thioether (sulfide) groups is 1. The molecule has 0 saturated carbocycles. The molecule has 1 fully saturated rings. The van der Waals surface area contributed by atoms with Gasteiger partial charge in [-0.05, 0) is 42.0 Å². The van der Waals surface area contributed by atoms with Gasteiger partial charge in [0.1, 0.15) is 18.1 Å². The van der Waals surface area contributed by atoms with Crippen LogP contribution in [0.3, 0.4) is 0 Å². The molecule has 1 heterocycles. The zero-order chi connectivity index (χ0) is 21.5. The molecule has 2 aromatic rings. The third-order valence-electron chi connectivity index (χ3n) is 4.49. The van der Waals surface area contributed by atoms with Gasteiger partial charge in [-0.2, -0.15) is 0 Å². The van der Waals surface area contributed by atoms with Crippen molar-refractivity contribution in [2.75, 3.05) is 38.4 Å². The van der Waals surface area contributed by atoms with E-state index in [-0.39, 0.29) is 29.5 Å². The number of carbonyl (C=O) groups excluding carboxylic acids is 3. The maximum Gasteiger partial charge on any atom is 0.321 e. The Morgan fingerprint density at radius 2 is 1.77 bits per heavy atom. The van der Waals surface area contributed by atoms with Crippen LogP contribution in [0.5, 0.6) is 11.5 Å². The van der Waals surface area contributed by atoms with Crippen LogP contribution in [0.1, 0.15) is 5.56 Å². The van der Waals surface area contributed by atoms with E-state index in [2.05, 4.69) is 5.32 Å². The van der Waals surface area contributed by atoms with Crippen molar-refractivity contribution in [3.8, 4) is 11.5 Å². The first-order chi connectivity index (χ1) is 14.5. The van der Waals surface area contributed by atoms with Gasteiger partial charge in [0.15, 0.2) is 0 Å². The molecule has 2 aromatic carbocycles. The number of hydrogen-bond donors (Lipinski definition) is 1. The second-order valence-corrected chi connectivity index (χ2v) is 7.53. The monoisotopic (exact) mass is 429 g/mol. The highest BCUT2D eigenvalue weighted by molar-refractivity contribution is 8.14. The molecule has 0 unspecified atom stereocenters. The number of likely N-dealkylation sites (N-methyl/N-ethyl adjacent to an activating group) is 1. The lowest BCUT2D eigenvalue weighted by molar-refractivity contribution is -0.125.